The molecule has 0 saturated carbocycles. The van der Waals surface area contributed by atoms with Crippen LogP contribution < -0.4 is 5.73 Å². The molecule has 0 aromatic rings. The highest BCUT2D eigenvalue weighted by atomic mass is 127. The molecule has 1 unspecified atom stereocenters. The molecule has 2 heterocycles. The molecule has 0 aliphatic carbocycles. The van der Waals surface area contributed by atoms with Crippen LogP contribution in [0.5, 0.6) is 0 Å². The van der Waals surface area contributed by atoms with Gasteiger partial charge in [-0.1, -0.05) is 13.3 Å². The maximum atomic E-state index is 6.05. The van der Waals surface area contributed by atoms with E-state index in [1.165, 1.54) is 25.8 Å². The van der Waals surface area contributed by atoms with E-state index in [1.807, 2.05) is 0 Å². The summed E-state index contributed by atoms with van der Waals surface area (Å²) < 4.78 is 5.32. The van der Waals surface area contributed by atoms with E-state index >= 15 is 0 Å². The third kappa shape index (κ3) is 5.07. The van der Waals surface area contributed by atoms with E-state index in [0.717, 1.165) is 39.4 Å². The number of rotatable bonds is 3. The molecule has 2 saturated heterocycles. The minimum atomic E-state index is 0. The van der Waals surface area contributed by atoms with E-state index in [1.54, 1.807) is 0 Å². The van der Waals surface area contributed by atoms with Crippen LogP contribution in [0, 0.1) is 0 Å². The number of nitrogens with two attached hydrogens (primary N) is 1. The molecule has 0 aromatic carbocycles. The van der Waals surface area contributed by atoms with Gasteiger partial charge in [-0.3, -0.25) is 9.89 Å². The molecule has 2 aliphatic heterocycles. The van der Waals surface area contributed by atoms with Crippen LogP contribution in [0.2, 0.25) is 0 Å². The molecule has 1 atom stereocenters. The molecule has 5 nitrogen and oxygen atoms in total. The molecule has 2 N–H and O–H groups in total. The number of hydrogen-bond donors (Lipinski definition) is 1. The Morgan fingerprint density at radius 1 is 1.26 bits per heavy atom. The fourth-order valence-corrected chi connectivity index (χ4v) is 2.77. The number of guanidine groups is 1. The van der Waals surface area contributed by atoms with Crippen LogP contribution in [0.15, 0.2) is 4.99 Å². The normalized spacial score (nSPS) is 26.1. The van der Waals surface area contributed by atoms with Gasteiger partial charge in [0.2, 0.25) is 0 Å². The molecule has 0 aromatic heterocycles. The average Bonchev–Trinajstić information content (AvgIpc) is 2.46. The summed E-state index contributed by atoms with van der Waals surface area (Å²) in [6, 6.07) is 0.586. The van der Waals surface area contributed by atoms with Crippen molar-refractivity contribution >= 4 is 29.9 Å². The molecule has 0 radical (unpaired) electrons. The topological polar surface area (TPSA) is 54.1 Å². The number of piperidine rings is 1. The Morgan fingerprint density at radius 2 is 2.00 bits per heavy atom. The molecule has 0 amide bonds. The van der Waals surface area contributed by atoms with E-state index in [-0.39, 0.29) is 24.0 Å². The lowest BCUT2D eigenvalue weighted by atomic mass is 10.0. The smallest absolute Gasteiger partial charge is 0.191 e. The highest BCUT2D eigenvalue weighted by molar-refractivity contribution is 14.0. The van der Waals surface area contributed by atoms with Crippen molar-refractivity contribution in [2.75, 3.05) is 45.9 Å². The third-order valence-electron chi connectivity index (χ3n) is 3.95. The molecule has 2 fully saturated rings. The summed E-state index contributed by atoms with van der Waals surface area (Å²) >= 11 is 0. The van der Waals surface area contributed by atoms with Crippen molar-refractivity contribution in [3.63, 3.8) is 0 Å². The van der Waals surface area contributed by atoms with Gasteiger partial charge in [0, 0.05) is 19.1 Å². The Kier molecular flexibility index (Phi) is 8.01. The van der Waals surface area contributed by atoms with Crippen molar-refractivity contribution in [3.8, 4) is 0 Å². The van der Waals surface area contributed by atoms with Crippen molar-refractivity contribution in [1.29, 1.82) is 0 Å². The zero-order valence-corrected chi connectivity index (χ0v) is 14.2. The first-order valence-electron chi connectivity index (χ1n) is 7.18. The Hall–Kier alpha value is -0.0800. The van der Waals surface area contributed by atoms with Crippen LogP contribution in [-0.2, 0) is 4.74 Å². The molecule has 19 heavy (non-hydrogen) atoms. The third-order valence-corrected chi connectivity index (χ3v) is 3.95. The quantitative estimate of drug-likeness (QED) is 0.452. The number of aliphatic imine (C=N–C) groups is 1. The molecule has 112 valence electrons. The number of likely N-dealkylation sites (N-methyl/N-ethyl adjacent to an activating group) is 1. The second-order valence-corrected chi connectivity index (χ2v) is 5.08. The fraction of sp³-hybridized carbons (Fsp3) is 0.923. The number of likely N-dealkylation sites (tertiary alicyclic amines) is 1. The van der Waals surface area contributed by atoms with Gasteiger partial charge in [-0.25, -0.2) is 0 Å². The zero-order valence-electron chi connectivity index (χ0n) is 11.9. The van der Waals surface area contributed by atoms with E-state index in [9.17, 15) is 0 Å². The molecule has 0 bridgehead atoms. The second-order valence-electron chi connectivity index (χ2n) is 5.08. The Balaban J connectivity index is 0.00000180. The minimum absolute atomic E-state index is 0. The summed E-state index contributed by atoms with van der Waals surface area (Å²) in [5.41, 5.74) is 6.05. The van der Waals surface area contributed by atoms with E-state index in [4.69, 9.17) is 10.5 Å². The lowest BCUT2D eigenvalue weighted by molar-refractivity contribution is 0.0672. The zero-order chi connectivity index (χ0) is 12.8. The van der Waals surface area contributed by atoms with Crippen LogP contribution in [0.25, 0.3) is 0 Å². The number of ether oxygens (including phenoxy) is 1. The number of nitrogens with zero attached hydrogens (tertiary/aromatic N) is 3. The summed E-state index contributed by atoms with van der Waals surface area (Å²) in [6.07, 6.45) is 3.91. The molecule has 2 rings (SSSR count). The van der Waals surface area contributed by atoms with Gasteiger partial charge in [0.15, 0.2) is 5.96 Å². The minimum Gasteiger partial charge on any atom is -0.378 e. The van der Waals surface area contributed by atoms with Crippen LogP contribution in [0.4, 0.5) is 0 Å². The van der Waals surface area contributed by atoms with E-state index < -0.39 is 0 Å². The van der Waals surface area contributed by atoms with Crippen molar-refractivity contribution < 1.29 is 4.74 Å². The maximum Gasteiger partial charge on any atom is 0.191 e. The first-order valence-corrected chi connectivity index (χ1v) is 7.18. The highest BCUT2D eigenvalue weighted by Crippen LogP contribution is 2.16. The Bertz CT molecular complexity index is 282. The largest absolute Gasteiger partial charge is 0.378 e. The van der Waals surface area contributed by atoms with Crippen LogP contribution in [0.3, 0.4) is 0 Å². The molecular formula is C13H27IN4O. The predicted molar refractivity (Wildman–Crippen MR) is 89.2 cm³/mol. The number of morpholine rings is 1. The summed E-state index contributed by atoms with van der Waals surface area (Å²) in [5, 5.41) is 0. The van der Waals surface area contributed by atoms with Gasteiger partial charge in [0.05, 0.1) is 19.8 Å². The Morgan fingerprint density at radius 3 is 2.68 bits per heavy atom. The summed E-state index contributed by atoms with van der Waals surface area (Å²) in [4.78, 5) is 9.25. The average molecular weight is 382 g/mol. The van der Waals surface area contributed by atoms with Gasteiger partial charge in [-0.2, -0.15) is 0 Å². The van der Waals surface area contributed by atoms with Gasteiger partial charge in [0.1, 0.15) is 0 Å². The van der Waals surface area contributed by atoms with E-state index in [0.29, 0.717) is 12.0 Å². The molecular weight excluding hydrogens is 355 g/mol. The summed E-state index contributed by atoms with van der Waals surface area (Å²) in [6.45, 7) is 8.69. The van der Waals surface area contributed by atoms with Crippen LogP contribution in [0.1, 0.15) is 26.2 Å². The van der Waals surface area contributed by atoms with Gasteiger partial charge in [-0.05, 0) is 25.9 Å². The van der Waals surface area contributed by atoms with Crippen molar-refractivity contribution in [1.82, 2.24) is 9.80 Å². The van der Waals surface area contributed by atoms with Crippen LogP contribution in [-0.4, -0.2) is 67.7 Å². The first kappa shape index (κ1) is 17.0. The predicted octanol–water partition coefficient (Wildman–Crippen LogP) is 1.13. The van der Waals surface area contributed by atoms with Crippen molar-refractivity contribution in [2.45, 2.75) is 32.2 Å². The maximum absolute atomic E-state index is 6.05. The SMILES string of the molecule is CCN1CCCCC1CN=C(N)N1CCOCC1.I. The van der Waals surface area contributed by atoms with E-state index in [2.05, 4.69) is 21.7 Å². The number of halogens is 1. The monoisotopic (exact) mass is 382 g/mol. The molecule has 0 spiro atoms. The van der Waals surface area contributed by atoms with Gasteiger partial charge in [0.25, 0.3) is 0 Å². The lowest BCUT2D eigenvalue weighted by Gasteiger charge is -2.34. The number of hydrogen-bond acceptors (Lipinski definition) is 3. The second kappa shape index (κ2) is 8.97. The van der Waals surface area contributed by atoms with Crippen molar-refractivity contribution in [3.05, 3.63) is 0 Å². The van der Waals surface area contributed by atoms with Crippen LogP contribution >= 0.6 is 24.0 Å². The fourth-order valence-electron chi connectivity index (χ4n) is 2.77. The summed E-state index contributed by atoms with van der Waals surface area (Å²) in [7, 11) is 0. The lowest BCUT2D eigenvalue weighted by Crippen LogP contribution is -2.46. The molecule has 6 heteroatoms. The van der Waals surface area contributed by atoms with Crippen molar-refractivity contribution in [2.24, 2.45) is 10.7 Å². The van der Waals surface area contributed by atoms with Gasteiger partial charge < -0.3 is 15.4 Å². The van der Waals surface area contributed by atoms with Gasteiger partial charge in [-0.15, -0.1) is 24.0 Å². The van der Waals surface area contributed by atoms with Gasteiger partial charge >= 0.3 is 0 Å². The first-order chi connectivity index (χ1) is 8.81. The standard InChI is InChI=1S/C13H26N4O.HI/c1-2-16-6-4-3-5-12(16)11-15-13(14)17-7-9-18-10-8-17;/h12H,2-11H2,1H3,(H2,14,15);1H. The highest BCUT2D eigenvalue weighted by Gasteiger charge is 2.21. The Labute approximate surface area is 133 Å². The summed E-state index contributed by atoms with van der Waals surface area (Å²) in [5.74, 6) is 0.694. The molecule has 2 aliphatic rings.